The van der Waals surface area contributed by atoms with Crippen molar-refractivity contribution in [3.63, 3.8) is 0 Å². The molecule has 1 aliphatic rings. The van der Waals surface area contributed by atoms with E-state index >= 15 is 0 Å². The maximum absolute atomic E-state index is 5.56. The van der Waals surface area contributed by atoms with E-state index in [1.54, 1.807) is 0 Å². The first-order valence-electron chi connectivity index (χ1n) is 8.37. The van der Waals surface area contributed by atoms with E-state index in [2.05, 4.69) is 31.4 Å². The molecule has 4 rings (SSSR count). The van der Waals surface area contributed by atoms with Gasteiger partial charge in [0.25, 0.3) is 0 Å². The highest BCUT2D eigenvalue weighted by Gasteiger charge is 2.23. The Hall–Kier alpha value is -2.41. The number of aromatic nitrogens is 5. The Morgan fingerprint density at radius 2 is 2.33 bits per heavy atom. The van der Waals surface area contributed by atoms with E-state index < -0.39 is 0 Å². The third-order valence-corrected chi connectivity index (χ3v) is 4.92. The zero-order valence-corrected chi connectivity index (χ0v) is 14.1. The number of nitrogens with one attached hydrogen (secondary N) is 1. The van der Waals surface area contributed by atoms with E-state index in [1.165, 1.54) is 18.5 Å². The smallest absolute Gasteiger partial charge is 0.151 e. The number of aryl methyl sites for hydroxylation is 1. The van der Waals surface area contributed by atoms with Gasteiger partial charge in [-0.25, -0.2) is 0 Å². The van der Waals surface area contributed by atoms with Crippen molar-refractivity contribution in [2.24, 2.45) is 7.05 Å². The summed E-state index contributed by atoms with van der Waals surface area (Å²) < 4.78 is 7.41. The molecule has 0 saturated carbocycles. The maximum atomic E-state index is 5.56. The van der Waals surface area contributed by atoms with Crippen LogP contribution in [0, 0.1) is 6.92 Å². The van der Waals surface area contributed by atoms with Crippen molar-refractivity contribution in [3.05, 3.63) is 41.7 Å². The molecule has 126 valence electrons. The molecule has 0 spiro atoms. The fraction of sp³-hybridized carbons (Fsp3) is 0.471. The highest BCUT2D eigenvalue weighted by atomic mass is 16.5. The average molecular weight is 326 g/mol. The molecule has 24 heavy (non-hydrogen) atoms. The number of H-pyrrole nitrogens is 1. The lowest BCUT2D eigenvalue weighted by Crippen LogP contribution is -2.33. The minimum atomic E-state index is 0.518. The molecule has 1 aliphatic heterocycles. The summed E-state index contributed by atoms with van der Waals surface area (Å²) in [7, 11) is 1.93. The summed E-state index contributed by atoms with van der Waals surface area (Å²) in [6.07, 6.45) is 6.06. The molecule has 1 atom stereocenters. The molecule has 3 aromatic heterocycles. The number of rotatable bonds is 4. The molecule has 1 N–H and O–H groups in total. The number of likely N-dealkylation sites (tertiary alicyclic amines) is 1. The van der Waals surface area contributed by atoms with Gasteiger partial charge >= 0.3 is 0 Å². The van der Waals surface area contributed by atoms with Gasteiger partial charge in [0, 0.05) is 48.7 Å². The van der Waals surface area contributed by atoms with Gasteiger partial charge in [-0.2, -0.15) is 10.2 Å². The largest absolute Gasteiger partial charge is 0.359 e. The zero-order valence-electron chi connectivity index (χ0n) is 14.1. The molecule has 7 nitrogen and oxygen atoms in total. The Kier molecular flexibility index (Phi) is 3.93. The third-order valence-electron chi connectivity index (χ3n) is 4.92. The van der Waals surface area contributed by atoms with Crippen LogP contribution in [0.15, 0.2) is 29.0 Å². The highest BCUT2D eigenvalue weighted by Crippen LogP contribution is 2.27. The number of piperidine rings is 1. The van der Waals surface area contributed by atoms with Crippen molar-refractivity contribution in [1.29, 1.82) is 0 Å². The van der Waals surface area contributed by atoms with Gasteiger partial charge in [0.2, 0.25) is 0 Å². The number of hydrogen-bond donors (Lipinski definition) is 1. The lowest BCUT2D eigenvalue weighted by Gasteiger charge is -2.31. The van der Waals surface area contributed by atoms with E-state index in [-0.39, 0.29) is 0 Å². The normalized spacial score (nSPS) is 19.0. The summed E-state index contributed by atoms with van der Waals surface area (Å²) >= 11 is 0. The van der Waals surface area contributed by atoms with Crippen LogP contribution in [0.2, 0.25) is 0 Å². The second-order valence-electron chi connectivity index (χ2n) is 6.53. The standard InChI is InChI=1S/C17H22N6O/c1-12-15(9-19-22(12)2)17-8-14(24-21-17)11-23-7-3-4-13(10-23)16-5-6-18-20-16/h5-6,8-9,13H,3-4,7,10-11H2,1-2H3,(H,18,20)/t13-/m0/s1. The number of hydrogen-bond acceptors (Lipinski definition) is 5. The van der Waals surface area contributed by atoms with Gasteiger partial charge < -0.3 is 4.52 Å². The van der Waals surface area contributed by atoms with Crippen LogP contribution < -0.4 is 0 Å². The van der Waals surface area contributed by atoms with Gasteiger partial charge in [-0.05, 0) is 32.4 Å². The van der Waals surface area contributed by atoms with Crippen molar-refractivity contribution < 1.29 is 4.52 Å². The zero-order chi connectivity index (χ0) is 16.5. The number of aromatic amines is 1. The molecule has 0 aliphatic carbocycles. The van der Waals surface area contributed by atoms with Crippen molar-refractivity contribution in [2.45, 2.75) is 32.2 Å². The van der Waals surface area contributed by atoms with Crippen molar-refractivity contribution >= 4 is 0 Å². The van der Waals surface area contributed by atoms with E-state index in [0.29, 0.717) is 5.92 Å². The van der Waals surface area contributed by atoms with Crippen LogP contribution in [0.4, 0.5) is 0 Å². The first kappa shape index (κ1) is 15.1. The quantitative estimate of drug-likeness (QED) is 0.797. The summed E-state index contributed by atoms with van der Waals surface area (Å²) in [4.78, 5) is 2.43. The Labute approximate surface area is 140 Å². The van der Waals surface area contributed by atoms with E-state index in [4.69, 9.17) is 4.52 Å². The summed E-state index contributed by atoms with van der Waals surface area (Å²) in [5.41, 5.74) is 4.20. The lowest BCUT2D eigenvalue weighted by atomic mass is 9.95. The van der Waals surface area contributed by atoms with Gasteiger partial charge in [-0.15, -0.1) is 0 Å². The lowest BCUT2D eigenvalue weighted by molar-refractivity contribution is 0.179. The fourth-order valence-corrected chi connectivity index (χ4v) is 3.43. The highest BCUT2D eigenvalue weighted by molar-refractivity contribution is 5.60. The van der Waals surface area contributed by atoms with E-state index in [0.717, 1.165) is 42.3 Å². The molecular formula is C17H22N6O. The average Bonchev–Trinajstić information content (AvgIpc) is 3.31. The summed E-state index contributed by atoms with van der Waals surface area (Å²) in [5, 5.41) is 15.7. The fourth-order valence-electron chi connectivity index (χ4n) is 3.43. The van der Waals surface area contributed by atoms with Crippen LogP contribution in [0.1, 0.15) is 35.9 Å². The predicted molar refractivity (Wildman–Crippen MR) is 89.3 cm³/mol. The SMILES string of the molecule is Cc1c(-c2cc(CN3CCC[C@H](c4ccn[nH]4)C3)on2)cnn1C. The van der Waals surface area contributed by atoms with Gasteiger partial charge in [-0.1, -0.05) is 5.16 Å². The number of nitrogens with zero attached hydrogens (tertiary/aromatic N) is 5. The summed E-state index contributed by atoms with van der Waals surface area (Å²) in [6.45, 7) is 4.93. The Morgan fingerprint density at radius 3 is 3.08 bits per heavy atom. The third kappa shape index (κ3) is 2.87. The molecule has 0 amide bonds. The van der Waals surface area contributed by atoms with Gasteiger partial charge in [0.1, 0.15) is 5.69 Å². The minimum absolute atomic E-state index is 0.518. The van der Waals surface area contributed by atoms with Gasteiger partial charge in [0.05, 0.1) is 12.7 Å². The van der Waals surface area contributed by atoms with Crippen LogP contribution in [-0.4, -0.2) is 43.1 Å². The molecule has 0 unspecified atom stereocenters. The first-order valence-corrected chi connectivity index (χ1v) is 8.37. The van der Waals surface area contributed by atoms with Crippen LogP contribution in [-0.2, 0) is 13.6 Å². The molecule has 1 saturated heterocycles. The van der Waals surface area contributed by atoms with Crippen LogP contribution in [0.3, 0.4) is 0 Å². The van der Waals surface area contributed by atoms with Gasteiger partial charge in [0.15, 0.2) is 5.76 Å². The molecule has 3 aromatic rings. The second-order valence-corrected chi connectivity index (χ2v) is 6.53. The topological polar surface area (TPSA) is 75.8 Å². The van der Waals surface area contributed by atoms with Crippen LogP contribution >= 0.6 is 0 Å². The second kappa shape index (κ2) is 6.24. The van der Waals surface area contributed by atoms with Crippen molar-refractivity contribution in [1.82, 2.24) is 30.0 Å². The van der Waals surface area contributed by atoms with Crippen LogP contribution in [0.5, 0.6) is 0 Å². The Morgan fingerprint density at radius 1 is 1.42 bits per heavy atom. The molecular weight excluding hydrogens is 304 g/mol. The van der Waals surface area contributed by atoms with Crippen LogP contribution in [0.25, 0.3) is 11.3 Å². The molecule has 4 heterocycles. The first-order chi connectivity index (χ1) is 11.7. The molecule has 0 aromatic carbocycles. The molecule has 7 heteroatoms. The molecule has 1 fully saturated rings. The van der Waals surface area contributed by atoms with Gasteiger partial charge in [-0.3, -0.25) is 14.7 Å². The molecule has 0 bridgehead atoms. The van der Waals surface area contributed by atoms with Crippen molar-refractivity contribution in [2.75, 3.05) is 13.1 Å². The Balaban J connectivity index is 1.45. The minimum Gasteiger partial charge on any atom is -0.359 e. The molecule has 0 radical (unpaired) electrons. The van der Waals surface area contributed by atoms with Crippen molar-refractivity contribution in [3.8, 4) is 11.3 Å². The van der Waals surface area contributed by atoms with E-state index in [9.17, 15) is 0 Å². The van der Waals surface area contributed by atoms with E-state index in [1.807, 2.05) is 37.1 Å². The maximum Gasteiger partial charge on any atom is 0.151 e. The summed E-state index contributed by atoms with van der Waals surface area (Å²) in [6, 6.07) is 4.11. The monoisotopic (exact) mass is 326 g/mol. The Bertz CT molecular complexity index is 803. The summed E-state index contributed by atoms with van der Waals surface area (Å²) in [5.74, 6) is 1.42. The predicted octanol–water partition coefficient (Wildman–Crippen LogP) is 2.49.